The highest BCUT2D eigenvalue weighted by molar-refractivity contribution is 5.80. The van der Waals surface area contributed by atoms with Gasteiger partial charge in [-0.2, -0.15) is 0 Å². The van der Waals surface area contributed by atoms with Crippen molar-refractivity contribution in [3.63, 3.8) is 0 Å². The number of hydrogen-bond acceptors (Lipinski definition) is 3. The topological polar surface area (TPSA) is 63.1 Å². The second-order valence-corrected chi connectivity index (χ2v) is 4.66. The van der Waals surface area contributed by atoms with E-state index in [1.807, 2.05) is 6.92 Å². The monoisotopic (exact) mass is 234 g/mol. The smallest absolute Gasteiger partial charge is 0.315 e. The molecule has 1 N–H and O–H groups in total. The lowest BCUT2D eigenvalue weighted by Gasteiger charge is -2.32. The van der Waals surface area contributed by atoms with Gasteiger partial charge in [0, 0.05) is 12.6 Å². The Labute approximate surface area is 101 Å². The molecule has 0 aromatic carbocycles. The molecule has 1 aliphatic rings. The fraction of sp³-hybridized carbons (Fsp3) is 0.615. The number of nitrogens with zero attached hydrogens (tertiary/aromatic N) is 2. The Balaban J connectivity index is 2.41. The number of carboxylic acid groups (broad SMARTS) is 1. The Morgan fingerprint density at radius 1 is 1.41 bits per heavy atom. The number of aliphatic carboxylic acids is 1. The van der Waals surface area contributed by atoms with Gasteiger partial charge in [0.05, 0.1) is 5.69 Å². The first-order valence-electron chi connectivity index (χ1n) is 6.25. The first-order valence-corrected chi connectivity index (χ1v) is 6.25. The highest BCUT2D eigenvalue weighted by Crippen LogP contribution is 2.38. The maximum Gasteiger partial charge on any atom is 0.315 e. The SMILES string of the molecule is CCc1nccc(C2(C(=O)O)CCCCC2)n1. The van der Waals surface area contributed by atoms with Crippen molar-refractivity contribution >= 4 is 5.97 Å². The Kier molecular flexibility index (Phi) is 3.41. The molecular formula is C13H18N2O2. The summed E-state index contributed by atoms with van der Waals surface area (Å²) in [5.41, 5.74) is -0.0815. The summed E-state index contributed by atoms with van der Waals surface area (Å²) < 4.78 is 0. The van der Waals surface area contributed by atoms with E-state index in [0.717, 1.165) is 31.5 Å². The lowest BCUT2D eigenvalue weighted by molar-refractivity contribution is -0.145. The Hall–Kier alpha value is -1.45. The number of carboxylic acids is 1. The molecule has 1 fully saturated rings. The van der Waals surface area contributed by atoms with E-state index in [1.165, 1.54) is 0 Å². The molecule has 4 heteroatoms. The maximum atomic E-state index is 11.6. The molecule has 2 rings (SSSR count). The van der Waals surface area contributed by atoms with Gasteiger partial charge in [0.2, 0.25) is 0 Å². The minimum atomic E-state index is -0.773. The van der Waals surface area contributed by atoms with Crippen LogP contribution < -0.4 is 0 Å². The summed E-state index contributed by atoms with van der Waals surface area (Å²) in [6.07, 6.45) is 6.88. The summed E-state index contributed by atoms with van der Waals surface area (Å²) in [7, 11) is 0. The first kappa shape index (κ1) is 12.0. The maximum absolute atomic E-state index is 11.6. The van der Waals surface area contributed by atoms with E-state index < -0.39 is 11.4 Å². The second kappa shape index (κ2) is 4.82. The van der Waals surface area contributed by atoms with Gasteiger partial charge < -0.3 is 5.11 Å². The molecular weight excluding hydrogens is 216 g/mol. The first-order chi connectivity index (χ1) is 8.19. The fourth-order valence-electron chi connectivity index (χ4n) is 2.57. The molecule has 1 heterocycles. The minimum absolute atomic E-state index is 0.691. The predicted octanol–water partition coefficient (Wildman–Crippen LogP) is 2.33. The summed E-state index contributed by atoms with van der Waals surface area (Å²) >= 11 is 0. The number of aryl methyl sites for hydroxylation is 1. The van der Waals surface area contributed by atoms with Gasteiger partial charge in [-0.15, -0.1) is 0 Å². The molecule has 0 aliphatic heterocycles. The Bertz CT molecular complexity index is 412. The molecule has 1 saturated carbocycles. The van der Waals surface area contributed by atoms with Crippen molar-refractivity contribution in [1.82, 2.24) is 9.97 Å². The predicted molar refractivity (Wildman–Crippen MR) is 63.8 cm³/mol. The molecule has 0 saturated heterocycles. The van der Waals surface area contributed by atoms with Crippen molar-refractivity contribution < 1.29 is 9.90 Å². The van der Waals surface area contributed by atoms with Crippen LogP contribution in [0.3, 0.4) is 0 Å². The van der Waals surface area contributed by atoms with Crippen molar-refractivity contribution in [2.75, 3.05) is 0 Å². The molecule has 0 spiro atoms. The molecule has 1 aliphatic carbocycles. The van der Waals surface area contributed by atoms with E-state index in [-0.39, 0.29) is 0 Å². The van der Waals surface area contributed by atoms with E-state index in [1.54, 1.807) is 12.3 Å². The molecule has 0 amide bonds. The third-order valence-electron chi connectivity index (χ3n) is 3.63. The van der Waals surface area contributed by atoms with Gasteiger partial charge in [-0.1, -0.05) is 26.2 Å². The van der Waals surface area contributed by atoms with Crippen molar-refractivity contribution in [1.29, 1.82) is 0 Å². The standard InChI is InChI=1S/C13H18N2O2/c1-2-11-14-9-6-10(15-11)13(12(16)17)7-4-3-5-8-13/h6,9H,2-5,7-8H2,1H3,(H,16,17). The van der Waals surface area contributed by atoms with Crippen LogP contribution in [-0.2, 0) is 16.6 Å². The Morgan fingerprint density at radius 2 is 2.12 bits per heavy atom. The largest absolute Gasteiger partial charge is 0.481 e. The summed E-state index contributed by atoms with van der Waals surface area (Å²) in [5.74, 6) is -0.00773. The van der Waals surface area contributed by atoms with Crippen LogP contribution >= 0.6 is 0 Å². The minimum Gasteiger partial charge on any atom is -0.481 e. The molecule has 0 unspecified atom stereocenters. The third kappa shape index (κ3) is 2.16. The third-order valence-corrected chi connectivity index (χ3v) is 3.63. The van der Waals surface area contributed by atoms with Crippen LogP contribution in [0.25, 0.3) is 0 Å². The van der Waals surface area contributed by atoms with E-state index in [4.69, 9.17) is 0 Å². The van der Waals surface area contributed by atoms with Gasteiger partial charge in [-0.3, -0.25) is 4.79 Å². The zero-order valence-corrected chi connectivity index (χ0v) is 10.1. The van der Waals surface area contributed by atoms with Crippen LogP contribution in [0, 0.1) is 0 Å². The number of rotatable bonds is 3. The van der Waals surface area contributed by atoms with Crippen LogP contribution in [-0.4, -0.2) is 21.0 Å². The summed E-state index contributed by atoms with van der Waals surface area (Å²) in [5, 5.41) is 9.55. The lowest BCUT2D eigenvalue weighted by Crippen LogP contribution is -2.38. The van der Waals surface area contributed by atoms with Crippen molar-refractivity contribution in [3.05, 3.63) is 23.8 Å². The summed E-state index contributed by atoms with van der Waals surface area (Å²) in [4.78, 5) is 20.2. The summed E-state index contributed by atoms with van der Waals surface area (Å²) in [6, 6.07) is 1.76. The van der Waals surface area contributed by atoms with Gasteiger partial charge >= 0.3 is 5.97 Å². The van der Waals surface area contributed by atoms with Crippen LogP contribution in [0.1, 0.15) is 50.5 Å². The molecule has 92 valence electrons. The zero-order valence-electron chi connectivity index (χ0n) is 10.1. The number of carbonyl (C=O) groups is 1. The molecule has 0 bridgehead atoms. The van der Waals surface area contributed by atoms with Gasteiger partial charge in [0.15, 0.2) is 0 Å². The normalized spacial score (nSPS) is 18.9. The Morgan fingerprint density at radius 3 is 2.71 bits per heavy atom. The number of aromatic nitrogens is 2. The molecule has 1 aromatic heterocycles. The highest BCUT2D eigenvalue weighted by atomic mass is 16.4. The van der Waals surface area contributed by atoms with Gasteiger partial charge in [0.1, 0.15) is 11.2 Å². The molecule has 0 radical (unpaired) electrons. The van der Waals surface area contributed by atoms with Crippen molar-refractivity contribution in [3.8, 4) is 0 Å². The van der Waals surface area contributed by atoms with Crippen LogP contribution in [0.2, 0.25) is 0 Å². The molecule has 0 atom stereocenters. The number of hydrogen-bond donors (Lipinski definition) is 1. The molecule has 1 aromatic rings. The van der Waals surface area contributed by atoms with Gasteiger partial charge in [-0.25, -0.2) is 9.97 Å². The highest BCUT2D eigenvalue weighted by Gasteiger charge is 2.42. The van der Waals surface area contributed by atoms with E-state index >= 15 is 0 Å². The van der Waals surface area contributed by atoms with E-state index in [2.05, 4.69) is 9.97 Å². The molecule has 4 nitrogen and oxygen atoms in total. The van der Waals surface area contributed by atoms with Crippen LogP contribution in [0.5, 0.6) is 0 Å². The van der Waals surface area contributed by atoms with Crippen molar-refractivity contribution in [2.45, 2.75) is 50.9 Å². The summed E-state index contributed by atoms with van der Waals surface area (Å²) in [6.45, 7) is 1.98. The average molecular weight is 234 g/mol. The zero-order chi connectivity index (χ0) is 12.3. The van der Waals surface area contributed by atoms with E-state index in [9.17, 15) is 9.90 Å². The fourth-order valence-corrected chi connectivity index (χ4v) is 2.57. The van der Waals surface area contributed by atoms with Crippen LogP contribution in [0.15, 0.2) is 12.3 Å². The lowest BCUT2D eigenvalue weighted by atomic mass is 9.71. The second-order valence-electron chi connectivity index (χ2n) is 4.66. The quantitative estimate of drug-likeness (QED) is 0.871. The average Bonchev–Trinajstić information content (AvgIpc) is 2.39. The molecule has 17 heavy (non-hydrogen) atoms. The van der Waals surface area contributed by atoms with Crippen molar-refractivity contribution in [2.24, 2.45) is 0 Å². The van der Waals surface area contributed by atoms with Gasteiger partial charge in [-0.05, 0) is 18.9 Å². The van der Waals surface area contributed by atoms with E-state index in [0.29, 0.717) is 18.5 Å². The van der Waals surface area contributed by atoms with Crippen LogP contribution in [0.4, 0.5) is 0 Å². The van der Waals surface area contributed by atoms with Gasteiger partial charge in [0.25, 0.3) is 0 Å².